The largest absolute Gasteiger partial charge is 0.329 e. The molecule has 0 aromatic rings. The van der Waals surface area contributed by atoms with Gasteiger partial charge >= 0.3 is 0 Å². The van der Waals surface area contributed by atoms with Gasteiger partial charge in [-0.2, -0.15) is 0 Å². The molecule has 3 atom stereocenters. The Bertz CT molecular complexity index is 316. The van der Waals surface area contributed by atoms with Gasteiger partial charge in [-0.15, -0.1) is 0 Å². The Balaban J connectivity index is 2.26. The molecule has 2 fully saturated rings. The highest BCUT2D eigenvalue weighted by Crippen LogP contribution is 2.28. The van der Waals surface area contributed by atoms with Gasteiger partial charge in [-0.1, -0.05) is 6.92 Å². The lowest BCUT2D eigenvalue weighted by atomic mass is 10.0. The molecule has 90 valence electrons. The van der Waals surface area contributed by atoms with Crippen molar-refractivity contribution in [2.45, 2.75) is 58.2 Å². The molecule has 4 nitrogen and oxygen atoms in total. The van der Waals surface area contributed by atoms with E-state index < -0.39 is 0 Å². The van der Waals surface area contributed by atoms with Crippen LogP contribution in [0.4, 0.5) is 0 Å². The molecule has 0 aromatic heterocycles. The second-order valence-electron chi connectivity index (χ2n) is 4.87. The Morgan fingerprint density at radius 2 is 2.06 bits per heavy atom. The monoisotopic (exact) mass is 224 g/mol. The number of nitrogens with zero attached hydrogens (tertiary/aromatic N) is 2. The van der Waals surface area contributed by atoms with Crippen LogP contribution >= 0.6 is 0 Å². The third-order valence-corrected chi connectivity index (χ3v) is 3.92. The predicted octanol–water partition coefficient (Wildman–Crippen LogP) is 1.01. The van der Waals surface area contributed by atoms with E-state index in [0.717, 1.165) is 25.8 Å². The SMILES string of the molecule is CCC(C)N1C(=O)C2CCCN2C(=O)C1C. The highest BCUT2D eigenvalue weighted by atomic mass is 16.2. The Hall–Kier alpha value is -1.06. The number of piperazine rings is 1. The minimum Gasteiger partial charge on any atom is -0.329 e. The van der Waals surface area contributed by atoms with Gasteiger partial charge < -0.3 is 9.80 Å². The second-order valence-corrected chi connectivity index (χ2v) is 4.87. The van der Waals surface area contributed by atoms with E-state index in [1.165, 1.54) is 0 Å². The Labute approximate surface area is 96.6 Å². The predicted molar refractivity (Wildman–Crippen MR) is 60.8 cm³/mol. The van der Waals surface area contributed by atoms with Crippen LogP contribution in [0.25, 0.3) is 0 Å². The van der Waals surface area contributed by atoms with Crippen molar-refractivity contribution in [2.75, 3.05) is 6.54 Å². The minimum atomic E-state index is -0.281. The fourth-order valence-electron chi connectivity index (χ4n) is 2.80. The Morgan fingerprint density at radius 1 is 1.38 bits per heavy atom. The lowest BCUT2D eigenvalue weighted by molar-refractivity contribution is -0.161. The number of hydrogen-bond donors (Lipinski definition) is 0. The van der Waals surface area contributed by atoms with Gasteiger partial charge in [0.2, 0.25) is 11.8 Å². The molecular formula is C12H20N2O2. The molecule has 2 rings (SSSR count). The Morgan fingerprint density at radius 3 is 2.69 bits per heavy atom. The quantitative estimate of drug-likeness (QED) is 0.702. The normalized spacial score (nSPS) is 31.9. The van der Waals surface area contributed by atoms with Gasteiger partial charge in [0.05, 0.1) is 0 Å². The second kappa shape index (κ2) is 4.07. The third kappa shape index (κ3) is 1.51. The van der Waals surface area contributed by atoms with E-state index in [-0.39, 0.29) is 29.9 Å². The number of carbonyl (C=O) groups is 2. The molecule has 2 aliphatic heterocycles. The summed E-state index contributed by atoms with van der Waals surface area (Å²) < 4.78 is 0. The van der Waals surface area contributed by atoms with Crippen molar-refractivity contribution in [3.63, 3.8) is 0 Å². The van der Waals surface area contributed by atoms with Crippen molar-refractivity contribution in [3.05, 3.63) is 0 Å². The van der Waals surface area contributed by atoms with Crippen LogP contribution in [0.15, 0.2) is 0 Å². The van der Waals surface area contributed by atoms with Crippen molar-refractivity contribution >= 4 is 11.8 Å². The number of fused-ring (bicyclic) bond motifs is 1. The van der Waals surface area contributed by atoms with Crippen LogP contribution in [-0.2, 0) is 9.59 Å². The molecule has 2 amide bonds. The zero-order chi connectivity index (χ0) is 11.9. The van der Waals surface area contributed by atoms with Crippen molar-refractivity contribution in [3.8, 4) is 0 Å². The lowest BCUT2D eigenvalue weighted by Gasteiger charge is -2.43. The van der Waals surface area contributed by atoms with E-state index >= 15 is 0 Å². The van der Waals surface area contributed by atoms with Gasteiger partial charge in [-0.25, -0.2) is 0 Å². The van der Waals surface area contributed by atoms with Gasteiger partial charge in [0.25, 0.3) is 0 Å². The summed E-state index contributed by atoms with van der Waals surface area (Å²) in [6.45, 7) is 6.68. The van der Waals surface area contributed by atoms with E-state index in [0.29, 0.717) is 0 Å². The summed E-state index contributed by atoms with van der Waals surface area (Å²) in [6, 6.07) is -0.288. The van der Waals surface area contributed by atoms with Gasteiger partial charge in [0, 0.05) is 12.6 Å². The molecular weight excluding hydrogens is 204 g/mol. The molecule has 0 spiro atoms. The van der Waals surface area contributed by atoms with Crippen LogP contribution in [-0.4, -0.2) is 46.3 Å². The summed E-state index contributed by atoms with van der Waals surface area (Å²) in [5, 5.41) is 0. The van der Waals surface area contributed by atoms with E-state index in [9.17, 15) is 9.59 Å². The summed E-state index contributed by atoms with van der Waals surface area (Å²) >= 11 is 0. The van der Waals surface area contributed by atoms with Crippen LogP contribution in [0, 0.1) is 0 Å². The summed E-state index contributed by atoms with van der Waals surface area (Å²) in [6.07, 6.45) is 2.70. The molecule has 3 unspecified atom stereocenters. The van der Waals surface area contributed by atoms with Crippen LogP contribution in [0.3, 0.4) is 0 Å². The molecule has 0 saturated carbocycles. The number of hydrogen-bond acceptors (Lipinski definition) is 2. The maximum absolute atomic E-state index is 12.3. The van der Waals surface area contributed by atoms with Gasteiger partial charge in [0.15, 0.2) is 0 Å². The van der Waals surface area contributed by atoms with Crippen LogP contribution < -0.4 is 0 Å². The maximum atomic E-state index is 12.3. The van der Waals surface area contributed by atoms with Crippen molar-refractivity contribution in [2.24, 2.45) is 0 Å². The van der Waals surface area contributed by atoms with Crippen molar-refractivity contribution < 1.29 is 9.59 Å². The van der Waals surface area contributed by atoms with E-state index in [1.807, 2.05) is 13.8 Å². The van der Waals surface area contributed by atoms with Crippen LogP contribution in [0.1, 0.15) is 40.0 Å². The average molecular weight is 224 g/mol. The average Bonchev–Trinajstić information content (AvgIpc) is 2.75. The molecule has 16 heavy (non-hydrogen) atoms. The molecule has 0 N–H and O–H groups in total. The molecule has 2 heterocycles. The number of amides is 2. The molecule has 0 aliphatic carbocycles. The summed E-state index contributed by atoms with van der Waals surface area (Å²) in [5.74, 6) is 0.279. The van der Waals surface area contributed by atoms with E-state index in [1.54, 1.807) is 9.80 Å². The first kappa shape index (κ1) is 11.4. The maximum Gasteiger partial charge on any atom is 0.246 e. The first-order valence-corrected chi connectivity index (χ1v) is 6.20. The zero-order valence-electron chi connectivity index (χ0n) is 10.3. The summed E-state index contributed by atoms with van der Waals surface area (Å²) in [5.41, 5.74) is 0. The van der Waals surface area contributed by atoms with Crippen molar-refractivity contribution in [1.82, 2.24) is 9.80 Å². The van der Waals surface area contributed by atoms with Crippen molar-refractivity contribution in [1.29, 1.82) is 0 Å². The topological polar surface area (TPSA) is 40.6 Å². The summed E-state index contributed by atoms with van der Waals surface area (Å²) in [7, 11) is 0. The van der Waals surface area contributed by atoms with E-state index in [4.69, 9.17) is 0 Å². The smallest absolute Gasteiger partial charge is 0.246 e. The summed E-state index contributed by atoms with van der Waals surface area (Å²) in [4.78, 5) is 28.0. The first-order chi connectivity index (χ1) is 7.57. The Kier molecular flexibility index (Phi) is 2.91. The first-order valence-electron chi connectivity index (χ1n) is 6.20. The van der Waals surface area contributed by atoms with Gasteiger partial charge in [-0.05, 0) is 33.1 Å². The lowest BCUT2D eigenvalue weighted by Crippen LogP contribution is -2.63. The highest BCUT2D eigenvalue weighted by Gasteiger charge is 2.46. The molecule has 4 heteroatoms. The fraction of sp³-hybridized carbons (Fsp3) is 0.833. The van der Waals surface area contributed by atoms with Gasteiger partial charge in [0.1, 0.15) is 12.1 Å². The standard InChI is InChI=1S/C12H20N2O2/c1-4-8(2)14-9(3)11(15)13-7-5-6-10(13)12(14)16/h8-10H,4-7H2,1-3H3. The number of rotatable bonds is 2. The molecule has 0 aromatic carbocycles. The number of carbonyl (C=O) groups excluding carboxylic acids is 2. The molecule has 2 aliphatic rings. The fourth-order valence-corrected chi connectivity index (χ4v) is 2.80. The minimum absolute atomic E-state index is 0.127. The molecule has 2 saturated heterocycles. The molecule has 0 radical (unpaired) electrons. The highest BCUT2D eigenvalue weighted by molar-refractivity contribution is 5.97. The van der Waals surface area contributed by atoms with Crippen LogP contribution in [0.5, 0.6) is 0 Å². The third-order valence-electron chi connectivity index (χ3n) is 3.92. The van der Waals surface area contributed by atoms with Gasteiger partial charge in [-0.3, -0.25) is 9.59 Å². The van der Waals surface area contributed by atoms with E-state index in [2.05, 4.69) is 6.92 Å². The van der Waals surface area contributed by atoms with Crippen LogP contribution in [0.2, 0.25) is 0 Å². The zero-order valence-corrected chi connectivity index (χ0v) is 10.3. The molecule has 0 bridgehead atoms.